The Hall–Kier alpha value is -3.68. The normalized spacial score (nSPS) is 10.8. The largest absolute Gasteiger partial charge is 0.486 e. The quantitative estimate of drug-likeness (QED) is 0.362. The average Bonchev–Trinajstić information content (AvgIpc) is 2.78. The van der Waals surface area contributed by atoms with E-state index < -0.39 is 11.9 Å². The van der Waals surface area contributed by atoms with Crippen LogP contribution >= 0.6 is 23.2 Å². The van der Waals surface area contributed by atoms with E-state index >= 15 is 0 Å². The topological polar surface area (TPSA) is 101 Å². The first-order valence-corrected chi connectivity index (χ1v) is 10.6. The summed E-state index contributed by atoms with van der Waals surface area (Å²) in [6.07, 6.45) is 1.64. The van der Waals surface area contributed by atoms with Crippen molar-refractivity contribution in [1.29, 1.82) is 0 Å². The van der Waals surface area contributed by atoms with Crippen LogP contribution < -0.4 is 10.1 Å². The minimum atomic E-state index is -1.11. The molecule has 4 aromatic rings. The van der Waals surface area contributed by atoms with Gasteiger partial charge in [-0.05, 0) is 43.3 Å². The summed E-state index contributed by atoms with van der Waals surface area (Å²) in [5.41, 5.74) is 2.33. The predicted molar refractivity (Wildman–Crippen MR) is 126 cm³/mol. The number of anilines is 1. The van der Waals surface area contributed by atoms with Gasteiger partial charge in [-0.15, -0.1) is 0 Å². The third-order valence-corrected chi connectivity index (χ3v) is 5.48. The van der Waals surface area contributed by atoms with Crippen LogP contribution in [-0.4, -0.2) is 27.0 Å². The van der Waals surface area contributed by atoms with E-state index in [1.807, 2.05) is 13.0 Å². The van der Waals surface area contributed by atoms with Crippen molar-refractivity contribution in [3.63, 3.8) is 0 Å². The number of aromatic nitrogens is 2. The number of carbonyl (C=O) groups is 2. The van der Waals surface area contributed by atoms with Crippen molar-refractivity contribution in [2.75, 3.05) is 5.32 Å². The Balaban J connectivity index is 1.65. The van der Waals surface area contributed by atoms with Gasteiger partial charge in [0.2, 0.25) is 0 Å². The molecule has 166 valence electrons. The van der Waals surface area contributed by atoms with Gasteiger partial charge in [0.25, 0.3) is 5.91 Å². The van der Waals surface area contributed by atoms with Gasteiger partial charge in [-0.1, -0.05) is 41.4 Å². The summed E-state index contributed by atoms with van der Waals surface area (Å²) in [4.78, 5) is 32.6. The van der Waals surface area contributed by atoms with E-state index in [2.05, 4.69) is 15.3 Å². The number of amides is 1. The Morgan fingerprint density at radius 3 is 2.45 bits per heavy atom. The number of ether oxygens (including phenoxy) is 1. The van der Waals surface area contributed by atoms with Crippen LogP contribution in [0, 0.1) is 6.92 Å². The zero-order chi connectivity index (χ0) is 23.5. The summed E-state index contributed by atoms with van der Waals surface area (Å²) >= 11 is 12.3. The molecule has 4 rings (SSSR count). The van der Waals surface area contributed by atoms with Gasteiger partial charge in [0.1, 0.15) is 18.1 Å². The number of carboxylic acids is 1. The van der Waals surface area contributed by atoms with Gasteiger partial charge in [0.05, 0.1) is 32.5 Å². The molecule has 0 saturated heterocycles. The molecule has 0 bridgehead atoms. The second-order valence-electron chi connectivity index (χ2n) is 7.13. The zero-order valence-electron chi connectivity index (χ0n) is 17.3. The average molecular weight is 482 g/mol. The number of pyridine rings is 2. The minimum absolute atomic E-state index is 0.0596. The number of rotatable bonds is 6. The van der Waals surface area contributed by atoms with Crippen LogP contribution in [0.3, 0.4) is 0 Å². The fraction of sp³-hybridized carbons (Fsp3) is 0.0833. The molecule has 33 heavy (non-hydrogen) atoms. The van der Waals surface area contributed by atoms with Crippen molar-refractivity contribution >= 4 is 51.7 Å². The Labute approximate surface area is 199 Å². The number of halogens is 2. The van der Waals surface area contributed by atoms with Gasteiger partial charge in [-0.2, -0.15) is 0 Å². The number of aromatic carboxylic acids is 1. The molecule has 0 saturated carbocycles. The van der Waals surface area contributed by atoms with Gasteiger partial charge in [-0.3, -0.25) is 9.78 Å². The second kappa shape index (κ2) is 9.44. The highest BCUT2D eigenvalue weighted by Gasteiger charge is 2.17. The first-order valence-electron chi connectivity index (χ1n) is 9.81. The third kappa shape index (κ3) is 4.74. The molecule has 2 N–H and O–H groups in total. The molecular weight excluding hydrogens is 465 g/mol. The Bertz CT molecular complexity index is 1370. The number of para-hydroxylation sites is 1. The van der Waals surface area contributed by atoms with E-state index in [1.165, 1.54) is 6.07 Å². The number of carbonyl (C=O) groups excluding carboxylic acids is 1. The lowest BCUT2D eigenvalue weighted by Crippen LogP contribution is -2.13. The highest BCUT2D eigenvalue weighted by atomic mass is 35.5. The standard InChI is InChI=1S/C24H17Cl2N3O4/c1-13-11-27-21-15(22(13)33-12-14-5-2-10-19(28-14)24(31)32)6-3-9-18(21)29-23(30)20-16(25)7-4-8-17(20)26/h2-11H,12H2,1H3,(H,29,30)(H,31,32). The van der Waals surface area contributed by atoms with Gasteiger partial charge in [-0.25, -0.2) is 9.78 Å². The summed E-state index contributed by atoms with van der Waals surface area (Å²) in [5.74, 6) is -1.02. The van der Waals surface area contributed by atoms with Crippen molar-refractivity contribution in [2.45, 2.75) is 13.5 Å². The van der Waals surface area contributed by atoms with Crippen molar-refractivity contribution in [3.05, 3.63) is 93.4 Å². The highest BCUT2D eigenvalue weighted by Crippen LogP contribution is 2.33. The molecule has 0 spiro atoms. The number of aryl methyl sites for hydroxylation is 1. The first kappa shape index (κ1) is 22.5. The smallest absolute Gasteiger partial charge is 0.354 e. The van der Waals surface area contributed by atoms with Crippen LogP contribution in [0.15, 0.2) is 60.8 Å². The maximum Gasteiger partial charge on any atom is 0.354 e. The summed E-state index contributed by atoms with van der Waals surface area (Å²) in [7, 11) is 0. The molecule has 7 nitrogen and oxygen atoms in total. The summed E-state index contributed by atoms with van der Waals surface area (Å²) in [6.45, 7) is 1.91. The Morgan fingerprint density at radius 2 is 1.73 bits per heavy atom. The molecule has 0 unspecified atom stereocenters. The molecule has 0 radical (unpaired) electrons. The lowest BCUT2D eigenvalue weighted by atomic mass is 10.1. The predicted octanol–water partition coefficient (Wildman–Crippen LogP) is 5.77. The maximum atomic E-state index is 12.9. The molecule has 2 heterocycles. The lowest BCUT2D eigenvalue weighted by Gasteiger charge is -2.15. The van der Waals surface area contributed by atoms with E-state index in [-0.39, 0.29) is 27.9 Å². The molecule has 0 aliphatic carbocycles. The molecule has 2 aromatic carbocycles. The SMILES string of the molecule is Cc1cnc2c(NC(=O)c3c(Cl)cccc3Cl)cccc2c1OCc1cccc(C(=O)O)n1. The van der Waals surface area contributed by atoms with E-state index in [9.17, 15) is 9.59 Å². The number of hydrogen-bond acceptors (Lipinski definition) is 5. The van der Waals surface area contributed by atoms with Crippen molar-refractivity contribution in [1.82, 2.24) is 9.97 Å². The molecule has 0 fully saturated rings. The summed E-state index contributed by atoms with van der Waals surface area (Å²) in [6, 6.07) is 14.9. The van der Waals surface area contributed by atoms with E-state index in [1.54, 1.807) is 48.7 Å². The molecular formula is C24H17Cl2N3O4. The molecule has 0 aliphatic rings. The number of nitrogens with zero attached hydrogens (tertiary/aromatic N) is 2. The van der Waals surface area contributed by atoms with Crippen LogP contribution in [0.25, 0.3) is 10.9 Å². The van der Waals surface area contributed by atoms with E-state index in [0.717, 1.165) is 5.56 Å². The summed E-state index contributed by atoms with van der Waals surface area (Å²) < 4.78 is 6.00. The monoisotopic (exact) mass is 481 g/mol. The van der Waals surface area contributed by atoms with Crippen LogP contribution in [0.1, 0.15) is 32.1 Å². The van der Waals surface area contributed by atoms with Crippen molar-refractivity contribution in [3.8, 4) is 5.75 Å². The minimum Gasteiger partial charge on any atom is -0.486 e. The van der Waals surface area contributed by atoms with Crippen LogP contribution in [0.2, 0.25) is 10.0 Å². The van der Waals surface area contributed by atoms with Gasteiger partial charge < -0.3 is 15.2 Å². The number of fused-ring (bicyclic) bond motifs is 1. The van der Waals surface area contributed by atoms with Crippen molar-refractivity contribution in [2.24, 2.45) is 0 Å². The third-order valence-electron chi connectivity index (χ3n) is 4.85. The molecule has 2 aromatic heterocycles. The second-order valence-corrected chi connectivity index (χ2v) is 7.95. The lowest BCUT2D eigenvalue weighted by molar-refractivity contribution is 0.0689. The number of carboxylic acid groups (broad SMARTS) is 1. The molecule has 1 amide bonds. The van der Waals surface area contributed by atoms with Crippen LogP contribution in [0.4, 0.5) is 5.69 Å². The van der Waals surface area contributed by atoms with Crippen LogP contribution in [-0.2, 0) is 6.61 Å². The van der Waals surface area contributed by atoms with Gasteiger partial charge in [0, 0.05) is 17.1 Å². The van der Waals surface area contributed by atoms with Crippen molar-refractivity contribution < 1.29 is 19.4 Å². The Morgan fingerprint density at radius 1 is 1.03 bits per heavy atom. The summed E-state index contributed by atoms with van der Waals surface area (Å²) in [5, 5.41) is 13.1. The number of nitrogens with one attached hydrogen (secondary N) is 1. The molecule has 0 atom stereocenters. The van der Waals surface area contributed by atoms with Gasteiger partial charge >= 0.3 is 5.97 Å². The highest BCUT2D eigenvalue weighted by molar-refractivity contribution is 6.40. The van der Waals surface area contributed by atoms with Gasteiger partial charge in [0.15, 0.2) is 0 Å². The number of benzene rings is 2. The molecule has 9 heteroatoms. The van der Waals surface area contributed by atoms with E-state index in [4.69, 9.17) is 33.0 Å². The number of hydrogen-bond donors (Lipinski definition) is 2. The van der Waals surface area contributed by atoms with Crippen LogP contribution in [0.5, 0.6) is 5.75 Å². The fourth-order valence-electron chi connectivity index (χ4n) is 3.32. The maximum absolute atomic E-state index is 12.9. The molecule has 0 aliphatic heterocycles. The Kier molecular flexibility index (Phi) is 6.44. The zero-order valence-corrected chi connectivity index (χ0v) is 18.8. The van der Waals surface area contributed by atoms with E-state index in [0.29, 0.717) is 28.0 Å². The fourth-order valence-corrected chi connectivity index (χ4v) is 3.88. The first-order chi connectivity index (χ1) is 15.8.